The van der Waals surface area contributed by atoms with Crippen molar-refractivity contribution in [2.45, 2.75) is 45.1 Å². The minimum Gasteiger partial charge on any atom is -0.354 e. The summed E-state index contributed by atoms with van der Waals surface area (Å²) in [5.74, 6) is 1.37. The van der Waals surface area contributed by atoms with Gasteiger partial charge in [-0.05, 0) is 51.4 Å². The van der Waals surface area contributed by atoms with Crippen LogP contribution in [0.3, 0.4) is 0 Å². The molecule has 0 spiro atoms. The highest BCUT2D eigenvalue weighted by molar-refractivity contribution is 5.92. The Hall–Kier alpha value is -2.15. The van der Waals surface area contributed by atoms with Crippen LogP contribution in [-0.4, -0.2) is 45.7 Å². The average Bonchev–Trinajstić information content (AvgIpc) is 3.20. The van der Waals surface area contributed by atoms with Crippen molar-refractivity contribution in [3.8, 4) is 0 Å². The fourth-order valence-electron chi connectivity index (χ4n) is 3.69. The molecule has 1 fully saturated rings. The number of carbonyl (C=O) groups is 1. The Morgan fingerprint density at radius 3 is 2.96 bits per heavy atom. The van der Waals surface area contributed by atoms with E-state index in [-0.39, 0.29) is 5.91 Å². The highest BCUT2D eigenvalue weighted by Crippen LogP contribution is 2.31. The lowest BCUT2D eigenvalue weighted by molar-refractivity contribution is 0.0952. The summed E-state index contributed by atoms with van der Waals surface area (Å²) in [6, 6.07) is 4.37. The number of likely N-dealkylation sites (tertiary alicyclic amines) is 1. The minimum atomic E-state index is -0.0390. The van der Waals surface area contributed by atoms with Gasteiger partial charge in [0, 0.05) is 26.2 Å². The number of nitrogens with zero attached hydrogens (tertiary/aromatic N) is 4. The summed E-state index contributed by atoms with van der Waals surface area (Å²) >= 11 is 0. The number of piperidine rings is 1. The molecule has 7 heteroatoms. The van der Waals surface area contributed by atoms with Gasteiger partial charge in [0.1, 0.15) is 5.69 Å². The van der Waals surface area contributed by atoms with Crippen molar-refractivity contribution in [3.63, 3.8) is 0 Å². The molecule has 1 saturated heterocycles. The molecule has 0 aromatic carbocycles. The van der Waals surface area contributed by atoms with Crippen molar-refractivity contribution in [2.75, 3.05) is 20.1 Å². The summed E-state index contributed by atoms with van der Waals surface area (Å²) in [6.07, 6.45) is 5.38. The van der Waals surface area contributed by atoms with Gasteiger partial charge < -0.3 is 14.4 Å². The van der Waals surface area contributed by atoms with E-state index in [0.29, 0.717) is 23.5 Å². The molecule has 1 aliphatic rings. The highest BCUT2D eigenvalue weighted by atomic mass is 16.5. The molecule has 2 aromatic heterocycles. The second-order valence-electron chi connectivity index (χ2n) is 6.67. The SMILES string of the molecule is CNC(=O)c1ccc([C@@H]2CCCCN2CCCc2nc(C)no2)n1C. The molecule has 136 valence electrons. The van der Waals surface area contributed by atoms with Crippen LogP contribution >= 0.6 is 0 Å². The molecule has 1 N–H and O–H groups in total. The first-order valence-corrected chi connectivity index (χ1v) is 9.01. The molecule has 0 bridgehead atoms. The summed E-state index contributed by atoms with van der Waals surface area (Å²) in [6.45, 7) is 3.92. The Morgan fingerprint density at radius 2 is 2.24 bits per heavy atom. The Balaban J connectivity index is 1.66. The van der Waals surface area contributed by atoms with Gasteiger partial charge in [0.25, 0.3) is 5.91 Å². The van der Waals surface area contributed by atoms with Crippen LogP contribution in [0.1, 0.15) is 59.6 Å². The maximum absolute atomic E-state index is 12.0. The lowest BCUT2D eigenvalue weighted by atomic mass is 9.99. The Bertz CT molecular complexity index is 721. The van der Waals surface area contributed by atoms with Gasteiger partial charge in [0.2, 0.25) is 5.89 Å². The molecule has 3 rings (SSSR count). The Labute approximate surface area is 148 Å². The highest BCUT2D eigenvalue weighted by Gasteiger charge is 2.27. The van der Waals surface area contributed by atoms with Crippen LogP contribution in [0.15, 0.2) is 16.7 Å². The molecule has 2 aromatic rings. The quantitative estimate of drug-likeness (QED) is 0.869. The van der Waals surface area contributed by atoms with Crippen LogP contribution in [0, 0.1) is 6.92 Å². The zero-order valence-corrected chi connectivity index (χ0v) is 15.3. The van der Waals surface area contributed by atoms with Crippen LogP contribution in [0.2, 0.25) is 0 Å². The fraction of sp³-hybridized carbons (Fsp3) is 0.611. The molecule has 1 aliphatic heterocycles. The minimum absolute atomic E-state index is 0.0390. The molecular formula is C18H27N5O2. The molecule has 1 amide bonds. The lowest BCUT2D eigenvalue weighted by Gasteiger charge is -2.36. The van der Waals surface area contributed by atoms with E-state index in [2.05, 4.69) is 26.4 Å². The number of amides is 1. The van der Waals surface area contributed by atoms with E-state index in [0.717, 1.165) is 32.4 Å². The van der Waals surface area contributed by atoms with Crippen molar-refractivity contribution >= 4 is 5.91 Å². The summed E-state index contributed by atoms with van der Waals surface area (Å²) < 4.78 is 7.23. The number of rotatable bonds is 6. The summed E-state index contributed by atoms with van der Waals surface area (Å²) in [4.78, 5) is 18.8. The number of hydrogen-bond donors (Lipinski definition) is 1. The zero-order valence-electron chi connectivity index (χ0n) is 15.3. The molecule has 1 atom stereocenters. The Morgan fingerprint density at radius 1 is 1.40 bits per heavy atom. The maximum Gasteiger partial charge on any atom is 0.267 e. The van der Waals surface area contributed by atoms with E-state index in [9.17, 15) is 4.79 Å². The van der Waals surface area contributed by atoms with Gasteiger partial charge in [0.05, 0.1) is 6.04 Å². The van der Waals surface area contributed by atoms with Crippen molar-refractivity contribution in [1.29, 1.82) is 0 Å². The van der Waals surface area contributed by atoms with Gasteiger partial charge in [0.15, 0.2) is 5.82 Å². The van der Waals surface area contributed by atoms with Gasteiger partial charge in [-0.25, -0.2) is 0 Å². The van der Waals surface area contributed by atoms with Crippen molar-refractivity contribution in [3.05, 3.63) is 35.2 Å². The molecule has 0 unspecified atom stereocenters. The molecule has 25 heavy (non-hydrogen) atoms. The average molecular weight is 345 g/mol. The van der Waals surface area contributed by atoms with E-state index in [1.165, 1.54) is 18.5 Å². The van der Waals surface area contributed by atoms with Gasteiger partial charge >= 0.3 is 0 Å². The number of hydrogen-bond acceptors (Lipinski definition) is 5. The third-order valence-electron chi connectivity index (χ3n) is 4.98. The Kier molecular flexibility index (Phi) is 5.53. The number of nitrogens with one attached hydrogen (secondary N) is 1. The van der Waals surface area contributed by atoms with Gasteiger partial charge in [-0.15, -0.1) is 0 Å². The normalized spacial score (nSPS) is 18.4. The van der Waals surface area contributed by atoms with Crippen molar-refractivity contribution in [1.82, 2.24) is 24.9 Å². The first kappa shape index (κ1) is 17.7. The number of aryl methyl sites for hydroxylation is 2. The van der Waals surface area contributed by atoms with E-state index in [1.807, 2.05) is 24.6 Å². The largest absolute Gasteiger partial charge is 0.354 e. The molecule has 3 heterocycles. The third kappa shape index (κ3) is 3.92. The third-order valence-corrected chi connectivity index (χ3v) is 4.98. The van der Waals surface area contributed by atoms with Gasteiger partial charge in [-0.2, -0.15) is 4.98 Å². The molecular weight excluding hydrogens is 318 g/mol. The predicted octanol–water partition coefficient (Wildman–Crippen LogP) is 2.24. The van der Waals surface area contributed by atoms with Crippen LogP contribution < -0.4 is 5.32 Å². The summed E-state index contributed by atoms with van der Waals surface area (Å²) in [5, 5.41) is 6.55. The van der Waals surface area contributed by atoms with Crippen LogP contribution in [0.25, 0.3) is 0 Å². The predicted molar refractivity (Wildman–Crippen MR) is 94.3 cm³/mol. The van der Waals surface area contributed by atoms with Gasteiger partial charge in [-0.3, -0.25) is 9.69 Å². The van der Waals surface area contributed by atoms with E-state index in [1.54, 1.807) is 7.05 Å². The van der Waals surface area contributed by atoms with Crippen molar-refractivity contribution in [2.24, 2.45) is 7.05 Å². The molecule has 0 radical (unpaired) electrons. The summed E-state index contributed by atoms with van der Waals surface area (Å²) in [7, 11) is 3.65. The monoisotopic (exact) mass is 345 g/mol. The smallest absolute Gasteiger partial charge is 0.267 e. The molecule has 0 aliphatic carbocycles. The zero-order chi connectivity index (χ0) is 17.8. The first-order valence-electron chi connectivity index (χ1n) is 9.01. The fourth-order valence-corrected chi connectivity index (χ4v) is 3.69. The summed E-state index contributed by atoms with van der Waals surface area (Å²) in [5.41, 5.74) is 1.93. The molecule has 0 saturated carbocycles. The maximum atomic E-state index is 12.0. The second kappa shape index (κ2) is 7.82. The van der Waals surface area contributed by atoms with E-state index < -0.39 is 0 Å². The van der Waals surface area contributed by atoms with Gasteiger partial charge in [-0.1, -0.05) is 11.6 Å². The van der Waals surface area contributed by atoms with E-state index in [4.69, 9.17) is 4.52 Å². The lowest BCUT2D eigenvalue weighted by Crippen LogP contribution is -2.35. The van der Waals surface area contributed by atoms with Crippen LogP contribution in [-0.2, 0) is 13.5 Å². The first-order chi connectivity index (χ1) is 12.1. The van der Waals surface area contributed by atoms with Crippen LogP contribution in [0.4, 0.5) is 0 Å². The van der Waals surface area contributed by atoms with E-state index >= 15 is 0 Å². The molecule has 7 nitrogen and oxygen atoms in total. The second-order valence-corrected chi connectivity index (χ2v) is 6.67. The van der Waals surface area contributed by atoms with Crippen LogP contribution in [0.5, 0.6) is 0 Å². The number of carbonyl (C=O) groups excluding carboxylic acids is 1. The van der Waals surface area contributed by atoms with Crippen molar-refractivity contribution < 1.29 is 9.32 Å². The topological polar surface area (TPSA) is 76.2 Å². The standard InChI is InChI=1S/C18H27N5O2/c1-13-20-17(25-21-13)8-6-12-23-11-5-4-7-15(23)14-9-10-16(22(14)3)18(24)19-2/h9-10,15H,4-8,11-12H2,1-3H3,(H,19,24)/t15-/m0/s1. The number of aromatic nitrogens is 3.